The van der Waals surface area contributed by atoms with E-state index in [2.05, 4.69) is 15.5 Å². The lowest BCUT2D eigenvalue weighted by atomic mass is 9.85. The summed E-state index contributed by atoms with van der Waals surface area (Å²) in [5.74, 6) is 0.487. The first kappa shape index (κ1) is 24.4. The Morgan fingerprint density at radius 3 is 2.29 bits per heavy atom. The molecule has 0 atom stereocenters. The lowest BCUT2D eigenvalue weighted by Gasteiger charge is -2.43. The summed E-state index contributed by atoms with van der Waals surface area (Å²) in [6.45, 7) is 5.02. The summed E-state index contributed by atoms with van der Waals surface area (Å²) >= 11 is 0. The van der Waals surface area contributed by atoms with E-state index in [9.17, 15) is 14.4 Å². The Labute approximate surface area is 206 Å². The number of anilines is 2. The zero-order valence-electron chi connectivity index (χ0n) is 20.5. The third-order valence-electron chi connectivity index (χ3n) is 6.59. The molecule has 0 bridgehead atoms. The van der Waals surface area contributed by atoms with Gasteiger partial charge in [-0.05, 0) is 63.1 Å². The Kier molecular flexibility index (Phi) is 7.14. The van der Waals surface area contributed by atoms with Crippen molar-refractivity contribution in [2.45, 2.75) is 38.3 Å². The fourth-order valence-electron chi connectivity index (χ4n) is 4.82. The van der Waals surface area contributed by atoms with E-state index in [4.69, 9.17) is 4.74 Å². The van der Waals surface area contributed by atoms with E-state index in [1.54, 1.807) is 41.2 Å². The first-order chi connectivity index (χ1) is 16.8. The molecule has 4 rings (SSSR count). The molecule has 2 N–H and O–H groups in total. The normalized spacial score (nSPS) is 17.1. The minimum Gasteiger partial charge on any atom is -0.497 e. The summed E-state index contributed by atoms with van der Waals surface area (Å²) in [6.07, 6.45) is 0.970. The van der Waals surface area contributed by atoms with Crippen molar-refractivity contribution < 1.29 is 19.1 Å². The highest BCUT2D eigenvalue weighted by Gasteiger charge is 2.54. The number of piperidine rings is 1. The number of ether oxygens (including phenoxy) is 1. The SMILES string of the molecule is COc1ccc(NC(=O)N2CCC3(CC2)C(=O)N(CC(=O)NC(C)C)CN3c2ccccc2)cc1. The van der Waals surface area contributed by atoms with Gasteiger partial charge in [0.2, 0.25) is 5.91 Å². The van der Waals surface area contributed by atoms with Crippen LogP contribution < -0.4 is 20.3 Å². The predicted molar refractivity (Wildman–Crippen MR) is 134 cm³/mol. The number of carbonyl (C=O) groups is 3. The lowest BCUT2D eigenvalue weighted by molar-refractivity contribution is -0.137. The molecule has 9 nitrogen and oxygen atoms in total. The molecule has 0 radical (unpaired) electrons. The highest BCUT2D eigenvalue weighted by Crippen LogP contribution is 2.39. The van der Waals surface area contributed by atoms with Crippen LogP contribution in [0.4, 0.5) is 16.2 Å². The number of urea groups is 1. The minimum absolute atomic E-state index is 0.00634. The smallest absolute Gasteiger partial charge is 0.321 e. The maximum absolute atomic E-state index is 13.7. The maximum atomic E-state index is 13.7. The number of nitrogens with zero attached hydrogens (tertiary/aromatic N) is 3. The molecule has 2 heterocycles. The average molecular weight is 480 g/mol. The topological polar surface area (TPSA) is 94.2 Å². The molecule has 2 aromatic carbocycles. The zero-order valence-corrected chi connectivity index (χ0v) is 20.5. The van der Waals surface area contributed by atoms with Gasteiger partial charge in [-0.15, -0.1) is 0 Å². The van der Waals surface area contributed by atoms with Gasteiger partial charge in [-0.2, -0.15) is 0 Å². The molecule has 2 aliphatic rings. The van der Waals surface area contributed by atoms with Gasteiger partial charge in [-0.25, -0.2) is 4.79 Å². The number of rotatable bonds is 6. The quantitative estimate of drug-likeness (QED) is 0.665. The van der Waals surface area contributed by atoms with Crippen LogP contribution in [0.5, 0.6) is 5.75 Å². The molecule has 2 aromatic rings. The van der Waals surface area contributed by atoms with Gasteiger partial charge in [0, 0.05) is 30.5 Å². The molecule has 186 valence electrons. The molecule has 2 saturated heterocycles. The van der Waals surface area contributed by atoms with Crippen molar-refractivity contribution in [1.29, 1.82) is 0 Å². The Balaban J connectivity index is 1.48. The van der Waals surface area contributed by atoms with Crippen molar-refractivity contribution in [1.82, 2.24) is 15.1 Å². The molecule has 4 amide bonds. The molecular formula is C26H33N5O4. The van der Waals surface area contributed by atoms with Crippen molar-refractivity contribution in [3.8, 4) is 5.75 Å². The Hall–Kier alpha value is -3.75. The summed E-state index contributed by atoms with van der Waals surface area (Å²) in [4.78, 5) is 44.5. The third-order valence-corrected chi connectivity index (χ3v) is 6.59. The standard InChI is InChI=1S/C26H33N5O4/c1-19(2)27-23(32)17-30-18-31(21-7-5-4-6-8-21)26(24(30)33)13-15-29(16-14-26)25(34)28-20-9-11-22(35-3)12-10-20/h4-12,19H,13-18H2,1-3H3,(H,27,32)(H,28,34). The number of amides is 4. The van der Waals surface area contributed by atoms with Crippen molar-refractivity contribution >= 4 is 29.2 Å². The van der Waals surface area contributed by atoms with Crippen LogP contribution >= 0.6 is 0 Å². The van der Waals surface area contributed by atoms with Gasteiger partial charge in [-0.1, -0.05) is 18.2 Å². The van der Waals surface area contributed by atoms with Gasteiger partial charge < -0.3 is 30.1 Å². The van der Waals surface area contributed by atoms with Gasteiger partial charge in [0.25, 0.3) is 5.91 Å². The number of benzene rings is 2. The van der Waals surface area contributed by atoms with Gasteiger partial charge >= 0.3 is 6.03 Å². The molecule has 0 aromatic heterocycles. The van der Waals surface area contributed by atoms with E-state index >= 15 is 0 Å². The number of para-hydroxylation sites is 1. The maximum Gasteiger partial charge on any atom is 0.321 e. The first-order valence-electron chi connectivity index (χ1n) is 11.9. The minimum atomic E-state index is -0.781. The van der Waals surface area contributed by atoms with Crippen molar-refractivity contribution in [3.05, 3.63) is 54.6 Å². The molecule has 2 aliphatic heterocycles. The van der Waals surface area contributed by atoms with Crippen molar-refractivity contribution in [2.75, 3.05) is 43.6 Å². The molecular weight excluding hydrogens is 446 g/mol. The summed E-state index contributed by atoms with van der Waals surface area (Å²) in [5.41, 5.74) is 0.834. The number of carbonyl (C=O) groups excluding carboxylic acids is 3. The van der Waals surface area contributed by atoms with E-state index in [0.29, 0.717) is 38.3 Å². The van der Waals surface area contributed by atoms with Crippen molar-refractivity contribution in [2.24, 2.45) is 0 Å². The summed E-state index contributed by atoms with van der Waals surface area (Å²) in [5, 5.41) is 5.79. The van der Waals surface area contributed by atoms with Crippen LogP contribution in [0, 0.1) is 0 Å². The van der Waals surface area contributed by atoms with Crippen LogP contribution in [-0.4, -0.2) is 72.6 Å². The fourth-order valence-corrected chi connectivity index (χ4v) is 4.82. The Morgan fingerprint density at radius 2 is 1.69 bits per heavy atom. The first-order valence-corrected chi connectivity index (χ1v) is 11.9. The highest BCUT2D eigenvalue weighted by atomic mass is 16.5. The van der Waals surface area contributed by atoms with Gasteiger partial charge in [0.15, 0.2) is 0 Å². The fraction of sp³-hybridized carbons (Fsp3) is 0.423. The van der Waals surface area contributed by atoms with Crippen LogP contribution in [-0.2, 0) is 9.59 Å². The molecule has 0 aliphatic carbocycles. The third kappa shape index (κ3) is 5.18. The molecule has 2 fully saturated rings. The number of nitrogens with one attached hydrogen (secondary N) is 2. The molecule has 9 heteroatoms. The number of likely N-dealkylation sites (tertiary alicyclic amines) is 1. The van der Waals surface area contributed by atoms with Crippen molar-refractivity contribution in [3.63, 3.8) is 0 Å². The van der Waals surface area contributed by atoms with Crippen LogP contribution in [0.1, 0.15) is 26.7 Å². The van der Waals surface area contributed by atoms with E-state index in [-0.39, 0.29) is 30.4 Å². The van der Waals surface area contributed by atoms with E-state index < -0.39 is 5.54 Å². The molecule has 1 spiro atoms. The molecule has 0 saturated carbocycles. The summed E-state index contributed by atoms with van der Waals surface area (Å²) in [6, 6.07) is 16.8. The number of hydrogen-bond donors (Lipinski definition) is 2. The number of hydrogen-bond acceptors (Lipinski definition) is 5. The second kappa shape index (κ2) is 10.2. The van der Waals surface area contributed by atoms with E-state index in [0.717, 1.165) is 11.4 Å². The zero-order chi connectivity index (χ0) is 25.0. The highest BCUT2D eigenvalue weighted by molar-refractivity contribution is 5.97. The van der Waals surface area contributed by atoms with Crippen LogP contribution in [0.3, 0.4) is 0 Å². The lowest BCUT2D eigenvalue weighted by Crippen LogP contribution is -2.58. The van der Waals surface area contributed by atoms with Crippen LogP contribution in [0.2, 0.25) is 0 Å². The van der Waals surface area contributed by atoms with Gasteiger partial charge in [0.05, 0.1) is 13.8 Å². The molecule has 35 heavy (non-hydrogen) atoms. The van der Waals surface area contributed by atoms with Crippen LogP contribution in [0.15, 0.2) is 54.6 Å². The van der Waals surface area contributed by atoms with Gasteiger partial charge in [-0.3, -0.25) is 9.59 Å². The number of methoxy groups -OCH3 is 1. The average Bonchev–Trinajstić information content (AvgIpc) is 3.11. The predicted octanol–water partition coefficient (Wildman–Crippen LogP) is 2.89. The molecule has 0 unspecified atom stereocenters. The monoisotopic (exact) mass is 479 g/mol. The Bertz CT molecular complexity index is 1050. The second-order valence-electron chi connectivity index (χ2n) is 9.31. The van der Waals surface area contributed by atoms with Crippen LogP contribution in [0.25, 0.3) is 0 Å². The summed E-state index contributed by atoms with van der Waals surface area (Å²) < 4.78 is 5.16. The Morgan fingerprint density at radius 1 is 1.03 bits per heavy atom. The second-order valence-corrected chi connectivity index (χ2v) is 9.31. The van der Waals surface area contributed by atoms with E-state index in [1.165, 1.54) is 0 Å². The van der Waals surface area contributed by atoms with Gasteiger partial charge in [0.1, 0.15) is 17.8 Å². The largest absolute Gasteiger partial charge is 0.497 e. The van der Waals surface area contributed by atoms with E-state index in [1.807, 2.05) is 44.2 Å². The summed E-state index contributed by atoms with van der Waals surface area (Å²) in [7, 11) is 1.60.